The molecule has 0 bridgehead atoms. The van der Waals surface area contributed by atoms with Crippen molar-refractivity contribution in [2.45, 2.75) is 26.4 Å². The molecular weight excluding hydrogens is 272 g/mol. The van der Waals surface area contributed by atoms with Crippen molar-refractivity contribution >= 4 is 0 Å². The zero-order valence-corrected chi connectivity index (χ0v) is 13.3. The maximum Gasteiger partial charge on any atom is 0.0547 e. The van der Waals surface area contributed by atoms with Gasteiger partial charge in [0, 0.05) is 44.3 Å². The molecule has 4 heteroatoms. The minimum Gasteiger partial charge on any atom is -0.298 e. The molecule has 22 heavy (non-hydrogen) atoms. The molecule has 0 N–H and O–H groups in total. The smallest absolute Gasteiger partial charge is 0.0547 e. The van der Waals surface area contributed by atoms with Crippen LogP contribution in [-0.4, -0.2) is 45.9 Å². The topological polar surface area (TPSA) is 32.3 Å². The van der Waals surface area contributed by atoms with Gasteiger partial charge in [-0.25, -0.2) is 0 Å². The Kier molecular flexibility index (Phi) is 5.14. The first-order valence-corrected chi connectivity index (χ1v) is 8.06. The Morgan fingerprint density at radius 2 is 1.77 bits per heavy atom. The number of aromatic nitrogens is 2. The van der Waals surface area contributed by atoms with E-state index in [1.807, 2.05) is 18.5 Å². The Labute approximate surface area is 132 Å². The van der Waals surface area contributed by atoms with E-state index in [4.69, 9.17) is 0 Å². The minimum absolute atomic E-state index is 0.961. The van der Waals surface area contributed by atoms with Crippen LogP contribution in [0.5, 0.6) is 0 Å². The van der Waals surface area contributed by atoms with Crippen LogP contribution in [0.25, 0.3) is 0 Å². The van der Waals surface area contributed by atoms with Crippen LogP contribution < -0.4 is 0 Å². The van der Waals surface area contributed by atoms with Crippen LogP contribution in [0.4, 0.5) is 0 Å². The highest BCUT2D eigenvalue weighted by molar-refractivity contribution is 5.10. The monoisotopic (exact) mass is 296 g/mol. The molecule has 1 aliphatic heterocycles. The van der Waals surface area contributed by atoms with E-state index in [0.29, 0.717) is 0 Å². The number of nitrogens with zero attached hydrogens (tertiary/aromatic N) is 4. The summed E-state index contributed by atoms with van der Waals surface area (Å²) in [7, 11) is 0. The second-order valence-electron chi connectivity index (χ2n) is 6.04. The molecule has 0 aliphatic carbocycles. The van der Waals surface area contributed by atoms with Gasteiger partial charge in [-0.2, -0.15) is 0 Å². The Hall–Kier alpha value is -1.78. The van der Waals surface area contributed by atoms with Gasteiger partial charge in [0.05, 0.1) is 5.69 Å². The predicted octanol–water partition coefficient (Wildman–Crippen LogP) is 2.49. The van der Waals surface area contributed by atoms with Crippen molar-refractivity contribution < 1.29 is 0 Å². The summed E-state index contributed by atoms with van der Waals surface area (Å²) >= 11 is 0. The van der Waals surface area contributed by atoms with Gasteiger partial charge < -0.3 is 0 Å². The van der Waals surface area contributed by atoms with Gasteiger partial charge >= 0.3 is 0 Å². The second-order valence-corrected chi connectivity index (χ2v) is 6.04. The first-order chi connectivity index (χ1) is 10.8. The van der Waals surface area contributed by atoms with Crippen LogP contribution in [0.3, 0.4) is 0 Å². The molecule has 0 saturated carbocycles. The van der Waals surface area contributed by atoms with Crippen molar-refractivity contribution in [2.75, 3.05) is 26.2 Å². The number of pyridine rings is 2. The molecule has 3 heterocycles. The van der Waals surface area contributed by atoms with Crippen LogP contribution in [0.15, 0.2) is 42.7 Å². The fraction of sp³-hybridized carbons (Fsp3) is 0.444. The van der Waals surface area contributed by atoms with Gasteiger partial charge in [0.2, 0.25) is 0 Å². The van der Waals surface area contributed by atoms with Crippen LogP contribution >= 0.6 is 0 Å². The average Bonchev–Trinajstić information content (AvgIpc) is 2.74. The Bertz CT molecular complexity index is 585. The van der Waals surface area contributed by atoms with Crippen LogP contribution in [-0.2, 0) is 13.1 Å². The number of hydrogen-bond acceptors (Lipinski definition) is 4. The maximum atomic E-state index is 4.62. The van der Waals surface area contributed by atoms with Crippen LogP contribution in [0, 0.1) is 6.92 Å². The molecule has 1 fully saturated rings. The van der Waals surface area contributed by atoms with E-state index in [1.54, 1.807) is 0 Å². The summed E-state index contributed by atoms with van der Waals surface area (Å²) in [4.78, 5) is 13.9. The number of hydrogen-bond donors (Lipinski definition) is 0. The standard InChI is InChI=1S/C18H24N4/c1-16-5-2-7-18(20-16)15-22-10-4-9-21(11-12-22)14-17-6-3-8-19-13-17/h2-3,5-8,13H,4,9-12,14-15H2,1H3. The molecule has 1 saturated heterocycles. The SMILES string of the molecule is Cc1cccc(CN2CCCN(Cc3cccnc3)CC2)n1. The summed E-state index contributed by atoms with van der Waals surface area (Å²) < 4.78 is 0. The summed E-state index contributed by atoms with van der Waals surface area (Å²) in [6.07, 6.45) is 5.02. The zero-order chi connectivity index (χ0) is 15.2. The third kappa shape index (κ3) is 4.36. The van der Waals surface area contributed by atoms with E-state index < -0.39 is 0 Å². The fourth-order valence-corrected chi connectivity index (χ4v) is 3.01. The van der Waals surface area contributed by atoms with Gasteiger partial charge in [-0.1, -0.05) is 12.1 Å². The summed E-state index contributed by atoms with van der Waals surface area (Å²) in [5, 5.41) is 0. The largest absolute Gasteiger partial charge is 0.298 e. The van der Waals surface area contributed by atoms with Crippen molar-refractivity contribution in [3.05, 3.63) is 59.7 Å². The quantitative estimate of drug-likeness (QED) is 0.868. The van der Waals surface area contributed by atoms with Gasteiger partial charge in [0.25, 0.3) is 0 Å². The van der Waals surface area contributed by atoms with Crippen molar-refractivity contribution in [1.82, 2.24) is 19.8 Å². The molecule has 2 aromatic heterocycles. The Morgan fingerprint density at radius 1 is 0.955 bits per heavy atom. The lowest BCUT2D eigenvalue weighted by atomic mass is 10.2. The lowest BCUT2D eigenvalue weighted by Crippen LogP contribution is -2.30. The molecule has 4 nitrogen and oxygen atoms in total. The van der Waals surface area contributed by atoms with Gasteiger partial charge in [0.15, 0.2) is 0 Å². The zero-order valence-electron chi connectivity index (χ0n) is 13.3. The van der Waals surface area contributed by atoms with E-state index in [0.717, 1.165) is 45.0 Å². The number of rotatable bonds is 4. The van der Waals surface area contributed by atoms with Gasteiger partial charge in [-0.05, 0) is 50.2 Å². The molecule has 3 rings (SSSR count). The van der Waals surface area contributed by atoms with Crippen molar-refractivity contribution in [1.29, 1.82) is 0 Å². The fourth-order valence-electron chi connectivity index (χ4n) is 3.01. The van der Waals surface area contributed by atoms with Gasteiger partial charge in [-0.3, -0.25) is 19.8 Å². The van der Waals surface area contributed by atoms with E-state index in [2.05, 4.69) is 51.0 Å². The normalized spacial score (nSPS) is 17.3. The molecule has 116 valence electrons. The Balaban J connectivity index is 1.53. The summed E-state index contributed by atoms with van der Waals surface area (Å²) in [6, 6.07) is 10.5. The average molecular weight is 296 g/mol. The van der Waals surface area contributed by atoms with E-state index in [9.17, 15) is 0 Å². The molecule has 1 aliphatic rings. The Morgan fingerprint density at radius 3 is 2.50 bits per heavy atom. The van der Waals surface area contributed by atoms with Crippen LogP contribution in [0.1, 0.15) is 23.4 Å². The molecule has 0 aromatic carbocycles. The third-order valence-corrected chi connectivity index (χ3v) is 4.14. The highest BCUT2D eigenvalue weighted by Gasteiger charge is 2.15. The van der Waals surface area contributed by atoms with Gasteiger partial charge in [-0.15, -0.1) is 0 Å². The number of aryl methyl sites for hydroxylation is 1. The third-order valence-electron chi connectivity index (χ3n) is 4.14. The molecule has 2 aromatic rings. The molecule has 0 unspecified atom stereocenters. The summed E-state index contributed by atoms with van der Waals surface area (Å²) in [5.74, 6) is 0. The van der Waals surface area contributed by atoms with Crippen molar-refractivity contribution in [3.63, 3.8) is 0 Å². The van der Waals surface area contributed by atoms with E-state index in [1.165, 1.54) is 17.7 Å². The lowest BCUT2D eigenvalue weighted by molar-refractivity contribution is 0.245. The molecule has 0 amide bonds. The summed E-state index contributed by atoms with van der Waals surface area (Å²) in [6.45, 7) is 8.55. The molecule has 0 atom stereocenters. The maximum absolute atomic E-state index is 4.62. The van der Waals surface area contributed by atoms with E-state index in [-0.39, 0.29) is 0 Å². The minimum atomic E-state index is 0.961. The summed E-state index contributed by atoms with van der Waals surface area (Å²) in [5.41, 5.74) is 3.59. The van der Waals surface area contributed by atoms with E-state index >= 15 is 0 Å². The van der Waals surface area contributed by atoms with Crippen molar-refractivity contribution in [2.24, 2.45) is 0 Å². The van der Waals surface area contributed by atoms with Gasteiger partial charge in [0.1, 0.15) is 0 Å². The molecule has 0 radical (unpaired) electrons. The highest BCUT2D eigenvalue weighted by Crippen LogP contribution is 2.10. The highest BCUT2D eigenvalue weighted by atomic mass is 15.2. The molecule has 0 spiro atoms. The first-order valence-electron chi connectivity index (χ1n) is 8.06. The van der Waals surface area contributed by atoms with Crippen LogP contribution in [0.2, 0.25) is 0 Å². The second kappa shape index (κ2) is 7.47. The predicted molar refractivity (Wildman–Crippen MR) is 88.4 cm³/mol. The van der Waals surface area contributed by atoms with Crippen molar-refractivity contribution in [3.8, 4) is 0 Å². The molecular formula is C18H24N4. The lowest BCUT2D eigenvalue weighted by Gasteiger charge is -2.21. The first kappa shape index (κ1) is 15.1.